The molecule has 0 saturated carbocycles. The molecule has 0 bridgehead atoms. The van der Waals surface area contributed by atoms with Crippen molar-refractivity contribution < 1.29 is 0 Å². The van der Waals surface area contributed by atoms with Crippen molar-refractivity contribution in [2.24, 2.45) is 0 Å². The first-order valence-electron chi connectivity index (χ1n) is 6.74. The zero-order valence-electron chi connectivity index (χ0n) is 12.0. The zero-order valence-corrected chi connectivity index (χ0v) is 12.0. The number of likely N-dealkylation sites (N-methyl/N-ethyl adjacent to an activating group) is 1. The second-order valence-corrected chi connectivity index (χ2v) is 5.93. The van der Waals surface area contributed by atoms with Gasteiger partial charge in [-0.1, -0.05) is 58.4 Å². The predicted octanol–water partition coefficient (Wildman–Crippen LogP) is 3.91. The Labute approximate surface area is 107 Å². The standard InChI is InChI=1S/C16H27N/c1-6-7-15(17-5)12-13-8-10-14(11-9-13)16(2,3)4/h8-11,15,17H,6-7,12H2,1-5H3. The second-order valence-electron chi connectivity index (χ2n) is 5.93. The molecule has 1 N–H and O–H groups in total. The average molecular weight is 233 g/mol. The normalized spacial score (nSPS) is 13.7. The van der Waals surface area contributed by atoms with Crippen LogP contribution in [-0.2, 0) is 11.8 Å². The highest BCUT2D eigenvalue weighted by Crippen LogP contribution is 2.22. The number of hydrogen-bond acceptors (Lipinski definition) is 1. The predicted molar refractivity (Wildman–Crippen MR) is 76.6 cm³/mol. The van der Waals surface area contributed by atoms with Gasteiger partial charge in [0.2, 0.25) is 0 Å². The van der Waals surface area contributed by atoms with Crippen molar-refractivity contribution in [1.82, 2.24) is 5.32 Å². The third-order valence-corrected chi connectivity index (χ3v) is 3.35. The van der Waals surface area contributed by atoms with Crippen LogP contribution in [0.15, 0.2) is 24.3 Å². The molecule has 0 fully saturated rings. The molecule has 0 spiro atoms. The summed E-state index contributed by atoms with van der Waals surface area (Å²) in [6.45, 7) is 9.02. The number of nitrogens with one attached hydrogen (secondary N) is 1. The molecule has 0 aliphatic rings. The zero-order chi connectivity index (χ0) is 12.9. The summed E-state index contributed by atoms with van der Waals surface area (Å²) in [5.41, 5.74) is 3.10. The molecule has 1 nitrogen and oxygen atoms in total. The maximum absolute atomic E-state index is 3.40. The van der Waals surface area contributed by atoms with Gasteiger partial charge in [0.25, 0.3) is 0 Å². The van der Waals surface area contributed by atoms with Crippen LogP contribution in [-0.4, -0.2) is 13.1 Å². The summed E-state index contributed by atoms with van der Waals surface area (Å²) in [6.07, 6.45) is 3.62. The molecule has 1 rings (SSSR count). The topological polar surface area (TPSA) is 12.0 Å². The van der Waals surface area contributed by atoms with Gasteiger partial charge in [-0.15, -0.1) is 0 Å². The van der Waals surface area contributed by atoms with Crippen LogP contribution in [0.1, 0.15) is 51.7 Å². The van der Waals surface area contributed by atoms with E-state index < -0.39 is 0 Å². The summed E-state index contributed by atoms with van der Waals surface area (Å²) in [5, 5.41) is 3.40. The highest BCUT2D eigenvalue weighted by Gasteiger charge is 2.13. The van der Waals surface area contributed by atoms with Gasteiger partial charge in [-0.2, -0.15) is 0 Å². The Balaban J connectivity index is 2.68. The van der Waals surface area contributed by atoms with Crippen LogP contribution in [0.2, 0.25) is 0 Å². The fraction of sp³-hybridized carbons (Fsp3) is 0.625. The van der Waals surface area contributed by atoms with Crippen molar-refractivity contribution in [2.75, 3.05) is 7.05 Å². The molecule has 17 heavy (non-hydrogen) atoms. The minimum absolute atomic E-state index is 0.254. The van der Waals surface area contributed by atoms with E-state index in [1.807, 2.05) is 0 Å². The van der Waals surface area contributed by atoms with Gasteiger partial charge in [0.05, 0.1) is 0 Å². The van der Waals surface area contributed by atoms with Gasteiger partial charge >= 0.3 is 0 Å². The molecule has 1 atom stereocenters. The summed E-state index contributed by atoms with van der Waals surface area (Å²) < 4.78 is 0. The van der Waals surface area contributed by atoms with Crippen LogP contribution >= 0.6 is 0 Å². The Bertz CT molecular complexity index is 318. The molecule has 1 aromatic rings. The van der Waals surface area contributed by atoms with E-state index in [4.69, 9.17) is 0 Å². The lowest BCUT2D eigenvalue weighted by Gasteiger charge is -2.20. The molecule has 0 aliphatic heterocycles. The van der Waals surface area contributed by atoms with Crippen LogP contribution in [0, 0.1) is 0 Å². The van der Waals surface area contributed by atoms with Crippen molar-refractivity contribution in [1.29, 1.82) is 0 Å². The molecule has 1 aromatic carbocycles. The third-order valence-electron chi connectivity index (χ3n) is 3.35. The summed E-state index contributed by atoms with van der Waals surface area (Å²) in [6, 6.07) is 9.71. The molecular formula is C16H27N. The van der Waals surface area contributed by atoms with Crippen LogP contribution in [0.4, 0.5) is 0 Å². The molecule has 1 heteroatoms. The number of benzene rings is 1. The smallest absolute Gasteiger partial charge is 0.0104 e. The quantitative estimate of drug-likeness (QED) is 0.813. The van der Waals surface area contributed by atoms with Gasteiger partial charge in [0.15, 0.2) is 0 Å². The molecule has 96 valence electrons. The first-order valence-corrected chi connectivity index (χ1v) is 6.74. The van der Waals surface area contributed by atoms with Crippen LogP contribution in [0.3, 0.4) is 0 Å². The van der Waals surface area contributed by atoms with E-state index in [2.05, 4.69) is 64.3 Å². The fourth-order valence-corrected chi connectivity index (χ4v) is 2.12. The lowest BCUT2D eigenvalue weighted by atomic mass is 9.86. The summed E-state index contributed by atoms with van der Waals surface area (Å²) in [5.74, 6) is 0. The molecule has 0 aromatic heterocycles. The van der Waals surface area contributed by atoms with E-state index >= 15 is 0 Å². The van der Waals surface area contributed by atoms with Crippen molar-refractivity contribution in [2.45, 2.75) is 58.4 Å². The second kappa shape index (κ2) is 6.20. The fourth-order valence-electron chi connectivity index (χ4n) is 2.12. The molecule has 0 aliphatic carbocycles. The minimum Gasteiger partial charge on any atom is -0.317 e. The van der Waals surface area contributed by atoms with Gasteiger partial charge in [-0.05, 0) is 36.4 Å². The lowest BCUT2D eigenvalue weighted by Crippen LogP contribution is -2.27. The van der Waals surface area contributed by atoms with E-state index in [1.54, 1.807) is 0 Å². The maximum Gasteiger partial charge on any atom is 0.0104 e. The highest BCUT2D eigenvalue weighted by molar-refractivity contribution is 5.27. The monoisotopic (exact) mass is 233 g/mol. The van der Waals surface area contributed by atoms with Crippen molar-refractivity contribution >= 4 is 0 Å². The minimum atomic E-state index is 0.254. The van der Waals surface area contributed by atoms with Gasteiger partial charge in [-0.25, -0.2) is 0 Å². The Morgan fingerprint density at radius 3 is 2.12 bits per heavy atom. The SMILES string of the molecule is CCCC(Cc1ccc(C(C)(C)C)cc1)NC. The number of rotatable bonds is 5. The third kappa shape index (κ3) is 4.51. The molecule has 0 saturated heterocycles. The summed E-state index contributed by atoms with van der Waals surface area (Å²) >= 11 is 0. The van der Waals surface area contributed by atoms with Crippen LogP contribution in [0.5, 0.6) is 0 Å². The molecule has 0 radical (unpaired) electrons. The van der Waals surface area contributed by atoms with Gasteiger partial charge in [0, 0.05) is 6.04 Å². The largest absolute Gasteiger partial charge is 0.317 e. The molecular weight excluding hydrogens is 206 g/mol. The van der Waals surface area contributed by atoms with Crippen molar-refractivity contribution in [3.63, 3.8) is 0 Å². The van der Waals surface area contributed by atoms with Crippen LogP contribution < -0.4 is 5.32 Å². The average Bonchev–Trinajstić information content (AvgIpc) is 2.28. The van der Waals surface area contributed by atoms with E-state index in [-0.39, 0.29) is 5.41 Å². The van der Waals surface area contributed by atoms with Crippen LogP contribution in [0.25, 0.3) is 0 Å². The van der Waals surface area contributed by atoms with Crippen molar-refractivity contribution in [3.8, 4) is 0 Å². The van der Waals surface area contributed by atoms with Gasteiger partial charge in [0.1, 0.15) is 0 Å². The van der Waals surface area contributed by atoms with Gasteiger partial charge < -0.3 is 5.32 Å². The maximum atomic E-state index is 3.40. The van der Waals surface area contributed by atoms with E-state index in [0.717, 1.165) is 6.42 Å². The Hall–Kier alpha value is -0.820. The molecule has 0 amide bonds. The lowest BCUT2D eigenvalue weighted by molar-refractivity contribution is 0.513. The van der Waals surface area contributed by atoms with E-state index in [0.29, 0.717) is 6.04 Å². The summed E-state index contributed by atoms with van der Waals surface area (Å²) in [4.78, 5) is 0. The number of hydrogen-bond donors (Lipinski definition) is 1. The Morgan fingerprint density at radius 1 is 1.12 bits per heavy atom. The highest BCUT2D eigenvalue weighted by atomic mass is 14.9. The van der Waals surface area contributed by atoms with E-state index in [1.165, 1.54) is 24.0 Å². The first kappa shape index (κ1) is 14.2. The molecule has 1 unspecified atom stereocenters. The first-order chi connectivity index (χ1) is 7.97. The molecule has 0 heterocycles. The Morgan fingerprint density at radius 2 is 1.71 bits per heavy atom. The summed E-state index contributed by atoms with van der Waals surface area (Å²) in [7, 11) is 2.06. The van der Waals surface area contributed by atoms with E-state index in [9.17, 15) is 0 Å². The van der Waals surface area contributed by atoms with Crippen molar-refractivity contribution in [3.05, 3.63) is 35.4 Å². The van der Waals surface area contributed by atoms with Gasteiger partial charge in [-0.3, -0.25) is 0 Å². The Kier molecular flexibility index (Phi) is 5.20.